The number of aromatic nitrogens is 3. The van der Waals surface area contributed by atoms with Crippen molar-refractivity contribution < 1.29 is 13.3 Å². The van der Waals surface area contributed by atoms with E-state index in [1.165, 1.54) is 109 Å². The van der Waals surface area contributed by atoms with Gasteiger partial charge in [-0.1, -0.05) is 406 Å². The van der Waals surface area contributed by atoms with Gasteiger partial charge in [-0.15, -0.1) is 0 Å². The number of hydrogen-bond donors (Lipinski definition) is 0. The lowest BCUT2D eigenvalue weighted by Gasteiger charge is -2.12. The molecular weight excluding hydrogens is 1690 g/mol. The van der Waals surface area contributed by atoms with Crippen LogP contribution in [0, 0.1) is 0 Å². The molecule has 6 nitrogen and oxygen atoms in total. The van der Waals surface area contributed by atoms with Gasteiger partial charge in [0.15, 0.2) is 0 Å². The first-order valence-corrected chi connectivity index (χ1v) is 47.4. The zero-order valence-electron chi connectivity index (χ0n) is 75.3. The molecule has 0 unspecified atom stereocenters. The van der Waals surface area contributed by atoms with Crippen LogP contribution < -0.4 is 0 Å². The second-order valence-electron chi connectivity index (χ2n) is 36.0. The third-order valence-corrected chi connectivity index (χ3v) is 28.1. The molecule has 0 aliphatic carbocycles. The zero-order valence-corrected chi connectivity index (χ0v) is 75.3. The highest BCUT2D eigenvalue weighted by atomic mass is 16.3. The fourth-order valence-corrected chi connectivity index (χ4v) is 21.7. The lowest BCUT2D eigenvalue weighted by atomic mass is 9.92. The molecule has 139 heavy (non-hydrogen) atoms. The SMILES string of the molecule is c1ccc(-c2cc(-c3ccccc3)cc(-c3ccc(-c4cccc5c4oc4ccc6c(-c7ccccc7)nc7ccccc7c6c45)cc3)c2)cc1.c1ccc(-c2nc3ccccc3c3c2ccc2oc4c(-c5cc6ccccc6c6ccccc56)cccc4c23)cc1.c1ccc(-c2nc3ccccc3c3c2ccc2oc4c(-c5ccc(-c6cc7ccccc7c7ccccc67)cc5)cccc4c23)cc1. The molecule has 23 aromatic carbocycles. The number of pyridine rings is 3. The Hall–Kier alpha value is -18.5. The van der Waals surface area contributed by atoms with E-state index >= 15 is 0 Å². The summed E-state index contributed by atoms with van der Waals surface area (Å²) in [6.07, 6.45) is 0. The molecule has 6 aromatic heterocycles. The van der Waals surface area contributed by atoms with Gasteiger partial charge >= 0.3 is 0 Å². The third-order valence-electron chi connectivity index (χ3n) is 28.1. The van der Waals surface area contributed by atoms with Gasteiger partial charge in [-0.05, 0) is 189 Å². The van der Waals surface area contributed by atoms with Crippen molar-refractivity contribution in [1.29, 1.82) is 0 Å². The number of rotatable bonds is 10. The molecule has 0 aliphatic rings. The molecule has 29 aromatic rings. The predicted octanol–water partition coefficient (Wildman–Crippen LogP) is 37.1. The number of hydrogen-bond acceptors (Lipinski definition) is 6. The first-order valence-electron chi connectivity index (χ1n) is 47.4. The lowest BCUT2D eigenvalue weighted by molar-refractivity contribution is 0.670. The minimum absolute atomic E-state index is 0.878. The maximum Gasteiger partial charge on any atom is 0.143 e. The van der Waals surface area contributed by atoms with Crippen molar-refractivity contribution in [2.75, 3.05) is 0 Å². The van der Waals surface area contributed by atoms with Crippen LogP contribution in [0.1, 0.15) is 0 Å². The van der Waals surface area contributed by atoms with E-state index in [0.717, 1.165) is 176 Å². The third kappa shape index (κ3) is 13.7. The van der Waals surface area contributed by atoms with E-state index in [-0.39, 0.29) is 0 Å². The predicted molar refractivity (Wildman–Crippen MR) is 584 cm³/mol. The Balaban J connectivity index is 0.000000106. The maximum atomic E-state index is 6.78. The molecule has 0 bridgehead atoms. The highest BCUT2D eigenvalue weighted by molar-refractivity contribution is 6.33. The average molecular weight is 1770 g/mol. The van der Waals surface area contributed by atoms with E-state index in [0.29, 0.717) is 0 Å². The summed E-state index contributed by atoms with van der Waals surface area (Å²) in [6.45, 7) is 0. The van der Waals surface area contributed by atoms with Crippen LogP contribution in [-0.2, 0) is 0 Å². The van der Waals surface area contributed by atoms with Crippen molar-refractivity contribution in [2.45, 2.75) is 0 Å². The van der Waals surface area contributed by atoms with Crippen LogP contribution >= 0.6 is 0 Å². The van der Waals surface area contributed by atoms with Gasteiger partial charge in [-0.3, -0.25) is 0 Å². The zero-order chi connectivity index (χ0) is 91.5. The summed E-state index contributed by atoms with van der Waals surface area (Å²) >= 11 is 0. The van der Waals surface area contributed by atoms with Crippen LogP contribution in [0.2, 0.25) is 0 Å². The minimum atomic E-state index is 0.878. The highest BCUT2D eigenvalue weighted by Crippen LogP contribution is 2.51. The van der Waals surface area contributed by atoms with Crippen LogP contribution in [0.25, 0.3) is 286 Å². The van der Waals surface area contributed by atoms with Crippen molar-refractivity contribution in [3.05, 3.63) is 491 Å². The van der Waals surface area contributed by atoms with Gasteiger partial charge in [0.05, 0.1) is 33.6 Å². The Labute approximate surface area is 799 Å². The molecule has 0 spiro atoms. The number of para-hydroxylation sites is 6. The molecule has 0 saturated carbocycles. The summed E-state index contributed by atoms with van der Waals surface area (Å²) in [5, 5.41) is 27.1. The van der Waals surface area contributed by atoms with Gasteiger partial charge in [0.25, 0.3) is 0 Å². The van der Waals surface area contributed by atoms with Crippen LogP contribution in [-0.4, -0.2) is 15.0 Å². The molecule has 0 aliphatic heterocycles. The Kier molecular flexibility index (Phi) is 19.2. The summed E-state index contributed by atoms with van der Waals surface area (Å²) < 4.78 is 20.3. The molecule has 0 radical (unpaired) electrons. The number of furan rings is 3. The summed E-state index contributed by atoms with van der Waals surface area (Å²) in [4.78, 5) is 15.4. The van der Waals surface area contributed by atoms with Gasteiger partial charge in [0.1, 0.15) is 33.5 Å². The monoisotopic (exact) mass is 1770 g/mol. The van der Waals surface area contributed by atoms with Crippen LogP contribution in [0.15, 0.2) is 505 Å². The van der Waals surface area contributed by atoms with E-state index in [1.807, 2.05) is 18.2 Å². The molecule has 0 N–H and O–H groups in total. The largest absolute Gasteiger partial charge is 0.455 e. The van der Waals surface area contributed by atoms with Crippen LogP contribution in [0.4, 0.5) is 0 Å². The number of nitrogens with zero attached hydrogens (tertiary/aromatic N) is 3. The average Bonchev–Trinajstić information content (AvgIpc) is 1.53. The summed E-state index contributed by atoms with van der Waals surface area (Å²) in [6, 6.07) is 174. The molecule has 0 amide bonds. The molecule has 0 fully saturated rings. The molecule has 0 atom stereocenters. The second-order valence-corrected chi connectivity index (χ2v) is 36.0. The normalized spacial score (nSPS) is 11.7. The molecule has 0 saturated heterocycles. The first-order chi connectivity index (χ1) is 68.9. The molecule has 29 rings (SSSR count). The molecule has 6 heterocycles. The Morgan fingerprint density at radius 3 is 0.755 bits per heavy atom. The first kappa shape index (κ1) is 80.2. The van der Waals surface area contributed by atoms with Gasteiger partial charge < -0.3 is 13.3 Å². The van der Waals surface area contributed by atoms with Crippen molar-refractivity contribution in [1.82, 2.24) is 15.0 Å². The van der Waals surface area contributed by atoms with E-state index in [9.17, 15) is 0 Å². The quantitative estimate of drug-likeness (QED) is 0.127. The number of benzene rings is 23. The van der Waals surface area contributed by atoms with E-state index in [4.69, 9.17) is 28.2 Å². The van der Waals surface area contributed by atoms with Gasteiger partial charge in [-0.2, -0.15) is 0 Å². The Morgan fingerprint density at radius 2 is 0.388 bits per heavy atom. The van der Waals surface area contributed by atoms with Gasteiger partial charge in [0, 0.05) is 114 Å². The molecular formula is C133H81N3O3. The van der Waals surface area contributed by atoms with Crippen molar-refractivity contribution in [3.63, 3.8) is 0 Å². The second kappa shape index (κ2) is 33.3. The smallest absolute Gasteiger partial charge is 0.143 e. The van der Waals surface area contributed by atoms with E-state index in [1.54, 1.807) is 0 Å². The maximum absolute atomic E-state index is 6.78. The summed E-state index contributed by atoms with van der Waals surface area (Å²) in [5.74, 6) is 0. The highest BCUT2D eigenvalue weighted by Gasteiger charge is 2.26. The fourth-order valence-electron chi connectivity index (χ4n) is 21.7. The lowest BCUT2D eigenvalue weighted by Crippen LogP contribution is -1.90. The van der Waals surface area contributed by atoms with Gasteiger partial charge in [-0.25, -0.2) is 15.0 Å². The Morgan fingerprint density at radius 1 is 0.129 bits per heavy atom. The Bertz CT molecular complexity index is 9930. The van der Waals surface area contributed by atoms with Crippen molar-refractivity contribution in [3.8, 4) is 112 Å². The standard InChI is InChI=1S/C49H31NO.C45H27NO.C39H23NO/c1-4-13-32(14-5-1)37-29-38(33-15-6-2-7-16-33)31-39(30-37)34-23-25-35(26-24-34)40-20-12-21-43-47-45(51-49(40)43)28-27-42-46(47)41-19-10-11-22-44(41)50-48(42)36-17-8-3-9-18-36;1-2-11-30(12-3-1)44-37-25-26-41-43(42(37)36-17-8-9-20-40(36)46-44)38-19-10-18-33(45(38)47-41)28-21-23-29(24-22-28)39-27-31-13-4-5-14-32(31)34-15-6-7-16-35(34)39;1-2-11-24(12-3-1)38-31-21-22-35-37(36(31)30-17-8-9-20-34(30)40-38)32-19-10-18-29(39(32)41-35)33-23-25-13-4-5-14-26(25)27-15-6-7-16-28(27)33/h1-31H;1-27H;1-23H. The van der Waals surface area contributed by atoms with Crippen LogP contribution in [0.3, 0.4) is 0 Å². The summed E-state index contributed by atoms with van der Waals surface area (Å²) in [7, 11) is 0. The van der Waals surface area contributed by atoms with Crippen molar-refractivity contribution in [2.24, 2.45) is 0 Å². The number of fused-ring (bicyclic) bond motifs is 27. The van der Waals surface area contributed by atoms with Crippen molar-refractivity contribution >= 4 is 174 Å². The van der Waals surface area contributed by atoms with Crippen LogP contribution in [0.5, 0.6) is 0 Å². The topological polar surface area (TPSA) is 78.1 Å². The van der Waals surface area contributed by atoms with E-state index in [2.05, 4.69) is 473 Å². The molecule has 6 heteroatoms. The minimum Gasteiger partial charge on any atom is -0.455 e. The molecule has 646 valence electrons. The summed E-state index contributed by atoms with van der Waals surface area (Å²) in [5.41, 5.74) is 30.9. The fraction of sp³-hybridized carbons (Fsp3) is 0. The van der Waals surface area contributed by atoms with E-state index < -0.39 is 0 Å². The van der Waals surface area contributed by atoms with Gasteiger partial charge in [0.2, 0.25) is 0 Å².